The molecule has 5 N–H and O–H groups in total. The van der Waals surface area contributed by atoms with Crippen molar-refractivity contribution in [3.63, 3.8) is 0 Å². The zero-order chi connectivity index (χ0) is 18.1. The van der Waals surface area contributed by atoms with E-state index in [9.17, 15) is 0 Å². The minimum atomic E-state index is 0.182. The Morgan fingerprint density at radius 1 is 1.31 bits per heavy atom. The largest absolute Gasteiger partial charge is 0.368 e. The number of aromatic nitrogens is 4. The molecule has 0 saturated heterocycles. The van der Waals surface area contributed by atoms with E-state index in [1.54, 1.807) is 0 Å². The summed E-state index contributed by atoms with van der Waals surface area (Å²) in [6, 6.07) is 6.72. The van der Waals surface area contributed by atoms with E-state index in [0.717, 1.165) is 43.3 Å². The summed E-state index contributed by atoms with van der Waals surface area (Å²) in [6.07, 6.45) is 6.21. The van der Waals surface area contributed by atoms with Gasteiger partial charge in [-0.3, -0.25) is 4.68 Å². The first-order valence-electron chi connectivity index (χ1n) is 9.26. The Balaban J connectivity index is 1.60. The maximum atomic E-state index is 6.13. The average molecular weight is 351 g/mol. The van der Waals surface area contributed by atoms with E-state index in [1.807, 2.05) is 10.9 Å². The van der Waals surface area contributed by atoms with Gasteiger partial charge >= 0.3 is 0 Å². The molecule has 4 rings (SSSR count). The van der Waals surface area contributed by atoms with E-state index in [1.165, 1.54) is 16.7 Å². The molecule has 1 atom stereocenters. The molecule has 0 saturated carbocycles. The number of nitrogens with one attached hydrogen (secondary N) is 1. The molecule has 0 amide bonds. The van der Waals surface area contributed by atoms with E-state index in [2.05, 4.69) is 45.5 Å². The van der Waals surface area contributed by atoms with Crippen molar-refractivity contribution in [2.24, 2.45) is 5.73 Å². The number of unbranched alkanes of at least 4 members (excludes halogenated alkanes) is 1. The van der Waals surface area contributed by atoms with Crippen molar-refractivity contribution >= 4 is 22.8 Å². The Morgan fingerprint density at radius 3 is 3.04 bits per heavy atom. The predicted molar refractivity (Wildman–Crippen MR) is 104 cm³/mol. The first-order chi connectivity index (χ1) is 12.6. The quantitative estimate of drug-likeness (QED) is 0.589. The SMILES string of the molecule is CCCCNc1nc(N)nc2cn(Cc3ccc4c(c3)CCC4N)nc12. The van der Waals surface area contributed by atoms with Crippen molar-refractivity contribution in [1.29, 1.82) is 0 Å². The molecule has 0 aliphatic heterocycles. The van der Waals surface area contributed by atoms with Crippen molar-refractivity contribution in [3.05, 3.63) is 41.1 Å². The number of fused-ring (bicyclic) bond motifs is 2. The van der Waals surface area contributed by atoms with Gasteiger partial charge in [-0.1, -0.05) is 31.5 Å². The predicted octanol–water partition coefficient (Wildman–Crippen LogP) is 2.61. The Morgan fingerprint density at radius 2 is 2.19 bits per heavy atom. The van der Waals surface area contributed by atoms with E-state index in [4.69, 9.17) is 11.5 Å². The zero-order valence-electron chi connectivity index (χ0n) is 15.1. The van der Waals surface area contributed by atoms with Crippen LogP contribution in [0, 0.1) is 0 Å². The molecule has 0 spiro atoms. The zero-order valence-corrected chi connectivity index (χ0v) is 15.1. The topological polar surface area (TPSA) is 108 Å². The van der Waals surface area contributed by atoms with Crippen LogP contribution in [0.15, 0.2) is 24.4 Å². The van der Waals surface area contributed by atoms with Crippen LogP contribution in [0.4, 0.5) is 11.8 Å². The van der Waals surface area contributed by atoms with Gasteiger partial charge in [0.15, 0.2) is 11.3 Å². The number of aryl methyl sites for hydroxylation is 1. The third-order valence-corrected chi connectivity index (χ3v) is 4.93. The summed E-state index contributed by atoms with van der Waals surface area (Å²) in [5.74, 6) is 0.974. The van der Waals surface area contributed by atoms with Crippen molar-refractivity contribution in [2.75, 3.05) is 17.6 Å². The maximum absolute atomic E-state index is 6.13. The first-order valence-corrected chi connectivity index (χ1v) is 9.26. The smallest absolute Gasteiger partial charge is 0.222 e. The van der Waals surface area contributed by atoms with Gasteiger partial charge in [0.05, 0.1) is 12.7 Å². The fourth-order valence-corrected chi connectivity index (χ4v) is 3.55. The number of anilines is 2. The molecule has 7 nitrogen and oxygen atoms in total. The molecule has 2 heterocycles. The number of hydrogen-bond donors (Lipinski definition) is 3. The molecule has 0 fully saturated rings. The van der Waals surface area contributed by atoms with Crippen molar-refractivity contribution in [3.8, 4) is 0 Å². The van der Waals surface area contributed by atoms with E-state index in [0.29, 0.717) is 12.4 Å². The number of nitrogens with zero attached hydrogens (tertiary/aromatic N) is 4. The molecule has 1 aromatic carbocycles. The van der Waals surface area contributed by atoms with Crippen LogP contribution in [0.25, 0.3) is 11.0 Å². The van der Waals surface area contributed by atoms with Crippen LogP contribution in [0.2, 0.25) is 0 Å². The molecule has 0 radical (unpaired) electrons. The van der Waals surface area contributed by atoms with Gasteiger partial charge in [0.2, 0.25) is 5.95 Å². The highest BCUT2D eigenvalue weighted by Crippen LogP contribution is 2.30. The Labute approximate surface area is 152 Å². The summed E-state index contributed by atoms with van der Waals surface area (Å²) in [6.45, 7) is 3.69. The molecule has 0 bridgehead atoms. The van der Waals surface area contributed by atoms with Crippen molar-refractivity contribution in [1.82, 2.24) is 19.7 Å². The second kappa shape index (κ2) is 6.92. The summed E-state index contributed by atoms with van der Waals surface area (Å²) in [5, 5.41) is 8.01. The molecule has 1 aliphatic carbocycles. The highest BCUT2D eigenvalue weighted by atomic mass is 15.3. The lowest BCUT2D eigenvalue weighted by Gasteiger charge is -2.07. The van der Waals surface area contributed by atoms with Crippen LogP contribution in [-0.4, -0.2) is 26.3 Å². The summed E-state index contributed by atoms with van der Waals surface area (Å²) in [7, 11) is 0. The Bertz CT molecular complexity index is 931. The molecule has 1 aliphatic rings. The lowest BCUT2D eigenvalue weighted by Crippen LogP contribution is -2.07. The number of rotatable bonds is 6. The van der Waals surface area contributed by atoms with Gasteiger partial charge in [0.25, 0.3) is 0 Å². The molecule has 1 unspecified atom stereocenters. The van der Waals surface area contributed by atoms with Crippen LogP contribution in [-0.2, 0) is 13.0 Å². The summed E-state index contributed by atoms with van der Waals surface area (Å²) >= 11 is 0. The summed E-state index contributed by atoms with van der Waals surface area (Å²) in [4.78, 5) is 8.64. The number of nitrogens with two attached hydrogens (primary N) is 2. The highest BCUT2D eigenvalue weighted by Gasteiger charge is 2.19. The summed E-state index contributed by atoms with van der Waals surface area (Å²) < 4.78 is 1.90. The Kier molecular flexibility index (Phi) is 4.46. The third-order valence-electron chi connectivity index (χ3n) is 4.93. The minimum Gasteiger partial charge on any atom is -0.368 e. The van der Waals surface area contributed by atoms with E-state index >= 15 is 0 Å². The van der Waals surface area contributed by atoms with Crippen LogP contribution in [0.1, 0.15) is 48.9 Å². The molecule has 7 heteroatoms. The lowest BCUT2D eigenvalue weighted by molar-refractivity contribution is 0.694. The van der Waals surface area contributed by atoms with Gasteiger partial charge in [0, 0.05) is 12.6 Å². The number of hydrogen-bond acceptors (Lipinski definition) is 6. The average Bonchev–Trinajstić information content (AvgIpc) is 3.18. The monoisotopic (exact) mass is 351 g/mol. The van der Waals surface area contributed by atoms with Gasteiger partial charge in [-0.2, -0.15) is 10.1 Å². The van der Waals surface area contributed by atoms with Crippen LogP contribution < -0.4 is 16.8 Å². The normalized spacial score (nSPS) is 16.2. The Hall–Kier alpha value is -2.67. The molecule has 136 valence electrons. The molecule has 3 aromatic rings. The van der Waals surface area contributed by atoms with Gasteiger partial charge in [-0.05, 0) is 36.0 Å². The lowest BCUT2D eigenvalue weighted by atomic mass is 10.1. The van der Waals surface area contributed by atoms with Gasteiger partial charge in [-0.25, -0.2) is 4.98 Å². The standard InChI is InChI=1S/C19H25N7/c1-2-3-8-22-18-17-16(23-19(21)24-18)11-26(25-17)10-12-4-6-14-13(9-12)5-7-15(14)20/h4,6,9,11,15H,2-3,5,7-8,10,20H2,1H3,(H3,21,22,23,24). The van der Waals surface area contributed by atoms with Crippen molar-refractivity contribution in [2.45, 2.75) is 45.2 Å². The van der Waals surface area contributed by atoms with Gasteiger partial charge in [0.1, 0.15) is 5.52 Å². The first kappa shape index (κ1) is 16.8. The third kappa shape index (κ3) is 3.22. The second-order valence-corrected chi connectivity index (χ2v) is 6.95. The van der Waals surface area contributed by atoms with Crippen LogP contribution >= 0.6 is 0 Å². The highest BCUT2D eigenvalue weighted by molar-refractivity contribution is 5.85. The number of benzene rings is 1. The molecule has 2 aromatic heterocycles. The maximum Gasteiger partial charge on any atom is 0.222 e. The number of nitrogen functional groups attached to an aromatic ring is 1. The van der Waals surface area contributed by atoms with Crippen molar-refractivity contribution < 1.29 is 0 Å². The minimum absolute atomic E-state index is 0.182. The summed E-state index contributed by atoms with van der Waals surface area (Å²) in [5.41, 5.74) is 17.4. The van der Waals surface area contributed by atoms with Gasteiger partial charge in [-0.15, -0.1) is 0 Å². The fourth-order valence-electron chi connectivity index (χ4n) is 3.55. The molecular weight excluding hydrogens is 326 g/mol. The van der Waals surface area contributed by atoms with Gasteiger partial charge < -0.3 is 16.8 Å². The van der Waals surface area contributed by atoms with Crippen LogP contribution in [0.3, 0.4) is 0 Å². The van der Waals surface area contributed by atoms with Crippen LogP contribution in [0.5, 0.6) is 0 Å². The van der Waals surface area contributed by atoms with E-state index < -0.39 is 0 Å². The molecular formula is C19H25N7. The molecule has 26 heavy (non-hydrogen) atoms. The van der Waals surface area contributed by atoms with E-state index in [-0.39, 0.29) is 12.0 Å². The second-order valence-electron chi connectivity index (χ2n) is 6.95. The fraction of sp³-hybridized carbons (Fsp3) is 0.421.